The van der Waals surface area contributed by atoms with E-state index in [-0.39, 0.29) is 5.97 Å². The maximum absolute atomic E-state index is 11.1. The van der Waals surface area contributed by atoms with Gasteiger partial charge in [-0.2, -0.15) is 0 Å². The Bertz CT molecular complexity index is 482. The molecule has 0 aliphatic carbocycles. The molecule has 0 atom stereocenters. The van der Waals surface area contributed by atoms with Crippen molar-refractivity contribution in [3.05, 3.63) is 41.4 Å². The summed E-state index contributed by atoms with van der Waals surface area (Å²) in [4.78, 5) is 11.1. The van der Waals surface area contributed by atoms with Gasteiger partial charge < -0.3 is 9.47 Å². The van der Waals surface area contributed by atoms with Crippen LogP contribution in [0.1, 0.15) is 33.6 Å². The predicted molar refractivity (Wildman–Crippen MR) is 101 cm³/mol. The highest BCUT2D eigenvalue weighted by molar-refractivity contribution is 8.17. The normalized spacial score (nSPS) is 15.6. The van der Waals surface area contributed by atoms with Crippen LogP contribution in [0, 0.1) is 0 Å². The number of ether oxygens (including phenoxy) is 2. The van der Waals surface area contributed by atoms with E-state index in [9.17, 15) is 4.79 Å². The molecule has 1 fully saturated rings. The zero-order valence-corrected chi connectivity index (χ0v) is 15.8. The standard InChI is InChI=1S/C18H26O3S2/c1-4-7-16(18-22-12-6-13-23-18)14-15(3)8-10-20-11-9-17(19)21-5-2/h4,7,9,11,18H,5-6,8,10,12-13H2,1-3H3/b7-4+,11-9-. The first kappa shape index (κ1) is 20.0. The van der Waals surface area contributed by atoms with Crippen LogP contribution in [0.2, 0.25) is 0 Å². The Morgan fingerprint density at radius 1 is 1.30 bits per heavy atom. The first-order valence-electron chi connectivity index (χ1n) is 7.94. The molecule has 0 spiro atoms. The average Bonchev–Trinajstić information content (AvgIpc) is 2.55. The van der Waals surface area contributed by atoms with E-state index in [4.69, 9.17) is 9.47 Å². The summed E-state index contributed by atoms with van der Waals surface area (Å²) in [5.41, 5.74) is 5.93. The van der Waals surface area contributed by atoms with Gasteiger partial charge in [-0.05, 0) is 44.3 Å². The highest BCUT2D eigenvalue weighted by atomic mass is 32.2. The molecular weight excluding hydrogens is 328 g/mol. The minimum atomic E-state index is -0.374. The molecule has 0 aromatic rings. The first-order chi connectivity index (χ1) is 11.2. The third-order valence-electron chi connectivity index (χ3n) is 2.97. The van der Waals surface area contributed by atoms with Gasteiger partial charge in [0.25, 0.3) is 0 Å². The van der Waals surface area contributed by atoms with E-state index >= 15 is 0 Å². The fraction of sp³-hybridized carbons (Fsp3) is 0.556. The van der Waals surface area contributed by atoms with Crippen molar-refractivity contribution in [2.75, 3.05) is 24.7 Å². The molecule has 1 saturated heterocycles. The SMILES string of the molecule is C/C=C/C(=C=C(C)CCO/C=C\C(=O)OCC)C1SCCCS1. The van der Waals surface area contributed by atoms with Crippen molar-refractivity contribution < 1.29 is 14.3 Å². The fourth-order valence-corrected chi connectivity index (χ4v) is 4.74. The quantitative estimate of drug-likeness (QED) is 0.157. The average molecular weight is 355 g/mol. The van der Waals surface area contributed by atoms with Crippen molar-refractivity contribution in [1.29, 1.82) is 0 Å². The zero-order chi connectivity index (χ0) is 16.9. The van der Waals surface area contributed by atoms with E-state index in [0.717, 1.165) is 12.0 Å². The van der Waals surface area contributed by atoms with Crippen molar-refractivity contribution in [3.8, 4) is 0 Å². The number of carbonyl (C=O) groups excluding carboxylic acids is 1. The summed E-state index contributed by atoms with van der Waals surface area (Å²) in [5, 5.41) is 0. The van der Waals surface area contributed by atoms with E-state index in [0.29, 0.717) is 17.8 Å². The summed E-state index contributed by atoms with van der Waals surface area (Å²) in [6.07, 6.45) is 9.01. The van der Waals surface area contributed by atoms with Crippen molar-refractivity contribution in [2.24, 2.45) is 0 Å². The topological polar surface area (TPSA) is 35.5 Å². The molecule has 0 N–H and O–H groups in total. The molecule has 0 aromatic heterocycles. The lowest BCUT2D eigenvalue weighted by atomic mass is 10.2. The van der Waals surface area contributed by atoms with Crippen LogP contribution < -0.4 is 0 Å². The maximum Gasteiger partial charge on any atom is 0.333 e. The van der Waals surface area contributed by atoms with Crippen molar-refractivity contribution in [3.63, 3.8) is 0 Å². The van der Waals surface area contributed by atoms with Crippen LogP contribution in [0.15, 0.2) is 41.4 Å². The van der Waals surface area contributed by atoms with Crippen molar-refractivity contribution in [2.45, 2.75) is 38.2 Å². The van der Waals surface area contributed by atoms with Gasteiger partial charge in [-0.15, -0.1) is 29.3 Å². The van der Waals surface area contributed by atoms with Crippen molar-refractivity contribution in [1.82, 2.24) is 0 Å². The van der Waals surface area contributed by atoms with E-state index in [1.807, 2.05) is 30.4 Å². The lowest BCUT2D eigenvalue weighted by Crippen LogP contribution is -2.08. The van der Waals surface area contributed by atoms with Crippen LogP contribution in [-0.4, -0.2) is 35.3 Å². The summed E-state index contributed by atoms with van der Waals surface area (Å²) in [6.45, 7) is 6.79. The molecule has 23 heavy (non-hydrogen) atoms. The number of thioether (sulfide) groups is 2. The first-order valence-corrected chi connectivity index (χ1v) is 10.0. The molecule has 3 nitrogen and oxygen atoms in total. The summed E-state index contributed by atoms with van der Waals surface area (Å²) >= 11 is 4.00. The smallest absolute Gasteiger partial charge is 0.333 e. The lowest BCUT2D eigenvalue weighted by Gasteiger charge is -2.20. The molecule has 5 heteroatoms. The van der Waals surface area contributed by atoms with Crippen LogP contribution in [0.4, 0.5) is 0 Å². The van der Waals surface area contributed by atoms with Crippen LogP contribution in [-0.2, 0) is 14.3 Å². The van der Waals surface area contributed by atoms with Crippen LogP contribution in [0.3, 0.4) is 0 Å². The van der Waals surface area contributed by atoms with Gasteiger partial charge >= 0.3 is 5.97 Å². The van der Waals surface area contributed by atoms with Gasteiger partial charge in [0.1, 0.15) is 0 Å². The number of hydrogen-bond donors (Lipinski definition) is 0. The molecular formula is C18H26O3S2. The monoisotopic (exact) mass is 354 g/mol. The third-order valence-corrected chi connectivity index (χ3v) is 5.95. The van der Waals surface area contributed by atoms with Crippen molar-refractivity contribution >= 4 is 29.5 Å². The third kappa shape index (κ3) is 8.99. The van der Waals surface area contributed by atoms with Gasteiger partial charge in [0.05, 0.1) is 30.1 Å². The van der Waals surface area contributed by atoms with Crippen LogP contribution in [0.5, 0.6) is 0 Å². The zero-order valence-electron chi connectivity index (χ0n) is 14.2. The molecule has 1 aliphatic heterocycles. The number of esters is 1. The summed E-state index contributed by atoms with van der Waals surface area (Å²) in [6, 6.07) is 0. The molecule has 0 unspecified atom stereocenters. The Morgan fingerprint density at radius 2 is 2.04 bits per heavy atom. The molecule has 0 bridgehead atoms. The van der Waals surface area contributed by atoms with E-state index in [2.05, 4.69) is 24.8 Å². The van der Waals surface area contributed by atoms with Gasteiger partial charge in [0, 0.05) is 12.0 Å². The minimum Gasteiger partial charge on any atom is -0.501 e. The highest BCUT2D eigenvalue weighted by Crippen LogP contribution is 2.36. The fourth-order valence-electron chi connectivity index (χ4n) is 1.91. The molecule has 0 saturated carbocycles. The molecule has 1 heterocycles. The van der Waals surface area contributed by atoms with Gasteiger partial charge in [0.15, 0.2) is 0 Å². The summed E-state index contributed by atoms with van der Waals surface area (Å²) in [5.74, 6) is 2.07. The number of rotatable bonds is 8. The molecule has 1 rings (SSSR count). The maximum atomic E-state index is 11.1. The second kappa shape index (κ2) is 12.4. The molecule has 0 amide bonds. The Morgan fingerprint density at radius 3 is 2.70 bits per heavy atom. The Balaban J connectivity index is 2.52. The number of hydrogen-bond acceptors (Lipinski definition) is 5. The predicted octanol–water partition coefficient (Wildman–Crippen LogP) is 4.71. The Kier molecular flexibility index (Phi) is 10.8. The van der Waals surface area contributed by atoms with E-state index < -0.39 is 0 Å². The number of carbonyl (C=O) groups is 1. The second-order valence-corrected chi connectivity index (χ2v) is 7.69. The van der Waals surface area contributed by atoms with Gasteiger partial charge in [0.2, 0.25) is 0 Å². The second-order valence-electron chi connectivity index (χ2n) is 4.96. The Hall–Kier alpha value is -1.03. The van der Waals surface area contributed by atoms with Crippen LogP contribution >= 0.6 is 23.5 Å². The van der Waals surface area contributed by atoms with E-state index in [1.165, 1.54) is 35.8 Å². The summed E-state index contributed by atoms with van der Waals surface area (Å²) < 4.78 is 10.6. The van der Waals surface area contributed by atoms with Crippen LogP contribution in [0.25, 0.3) is 0 Å². The van der Waals surface area contributed by atoms with E-state index in [1.54, 1.807) is 6.92 Å². The largest absolute Gasteiger partial charge is 0.501 e. The summed E-state index contributed by atoms with van der Waals surface area (Å²) in [7, 11) is 0. The minimum absolute atomic E-state index is 0.374. The molecule has 0 radical (unpaired) electrons. The van der Waals surface area contributed by atoms with Gasteiger partial charge in [-0.3, -0.25) is 0 Å². The lowest BCUT2D eigenvalue weighted by molar-refractivity contribution is -0.137. The number of allylic oxidation sites excluding steroid dienone is 2. The van der Waals surface area contributed by atoms with Gasteiger partial charge in [-0.25, -0.2) is 4.79 Å². The van der Waals surface area contributed by atoms with Gasteiger partial charge in [-0.1, -0.05) is 12.2 Å². The molecule has 0 aromatic carbocycles. The highest BCUT2D eigenvalue weighted by Gasteiger charge is 2.17. The Labute approximate surface area is 148 Å². The molecule has 1 aliphatic rings. The molecule has 128 valence electrons.